The zero-order chi connectivity index (χ0) is 10.1. The van der Waals surface area contributed by atoms with Crippen molar-refractivity contribution in [1.29, 1.82) is 0 Å². The van der Waals surface area contributed by atoms with Gasteiger partial charge in [-0.2, -0.15) is 0 Å². The molecule has 0 heterocycles. The van der Waals surface area contributed by atoms with Crippen molar-refractivity contribution in [2.24, 2.45) is 5.73 Å². The zero-order valence-electron chi connectivity index (χ0n) is 7.84. The van der Waals surface area contributed by atoms with Gasteiger partial charge in [0.1, 0.15) is 5.75 Å². The molecule has 1 rings (SSSR count). The molecule has 2 nitrogen and oxygen atoms in total. The van der Waals surface area contributed by atoms with Crippen molar-refractivity contribution in [2.75, 3.05) is 6.54 Å². The molecule has 1 aromatic carbocycles. The van der Waals surface area contributed by atoms with Gasteiger partial charge in [-0.25, -0.2) is 0 Å². The van der Waals surface area contributed by atoms with Crippen LogP contribution in [0.25, 0.3) is 0 Å². The summed E-state index contributed by atoms with van der Waals surface area (Å²) < 4.78 is 0.960. The molecule has 0 amide bonds. The Bertz CT molecular complexity index is 310. The molecular weight excluding hydrogens is 230 g/mol. The fraction of sp³-hybridized carbons (Fsp3) is 0.400. The molecule has 0 atom stereocenters. The summed E-state index contributed by atoms with van der Waals surface area (Å²) in [5.74, 6) is 0.304. The summed E-state index contributed by atoms with van der Waals surface area (Å²) in [5, 5.41) is 9.63. The Morgan fingerprint density at radius 3 is 2.62 bits per heavy atom. The third-order valence-corrected chi connectivity index (χ3v) is 2.69. The van der Waals surface area contributed by atoms with E-state index in [1.54, 1.807) is 6.07 Å². The molecule has 0 saturated heterocycles. The van der Waals surface area contributed by atoms with E-state index >= 15 is 0 Å². The normalized spacial score (nSPS) is 11.7. The summed E-state index contributed by atoms with van der Waals surface area (Å²) >= 11 is 3.37. The Kier molecular flexibility index (Phi) is 2.98. The van der Waals surface area contributed by atoms with E-state index in [4.69, 9.17) is 5.73 Å². The van der Waals surface area contributed by atoms with Gasteiger partial charge in [-0.15, -0.1) is 0 Å². The number of rotatable bonds is 2. The summed E-state index contributed by atoms with van der Waals surface area (Å²) in [7, 11) is 0. The molecule has 0 radical (unpaired) electrons. The first-order valence-electron chi connectivity index (χ1n) is 4.16. The molecule has 0 aliphatic heterocycles. The van der Waals surface area contributed by atoms with Gasteiger partial charge in [-0.1, -0.05) is 29.8 Å². The number of benzene rings is 1. The molecule has 0 bridgehead atoms. The molecular formula is C10H14BrNO. The average molecular weight is 244 g/mol. The highest BCUT2D eigenvalue weighted by Crippen LogP contribution is 2.32. The van der Waals surface area contributed by atoms with Crippen LogP contribution in [0.15, 0.2) is 22.7 Å². The molecule has 0 unspecified atom stereocenters. The molecule has 72 valence electrons. The van der Waals surface area contributed by atoms with Crippen LogP contribution in [0, 0.1) is 0 Å². The molecule has 0 fully saturated rings. The van der Waals surface area contributed by atoms with Gasteiger partial charge >= 0.3 is 0 Å². The Labute approximate surface area is 86.9 Å². The number of nitrogens with two attached hydrogens (primary N) is 1. The molecule has 0 aliphatic carbocycles. The molecule has 0 aliphatic rings. The Hall–Kier alpha value is -0.540. The minimum atomic E-state index is -0.187. The lowest BCUT2D eigenvalue weighted by atomic mass is 9.84. The number of phenolic OH excluding ortho intramolecular Hbond substituents is 1. The van der Waals surface area contributed by atoms with Gasteiger partial charge in [0.05, 0.1) is 0 Å². The first kappa shape index (κ1) is 10.5. The van der Waals surface area contributed by atoms with E-state index < -0.39 is 0 Å². The highest BCUT2D eigenvalue weighted by Gasteiger charge is 2.22. The van der Waals surface area contributed by atoms with Gasteiger partial charge in [-0.3, -0.25) is 0 Å². The maximum atomic E-state index is 9.63. The molecule has 1 aromatic rings. The highest BCUT2D eigenvalue weighted by molar-refractivity contribution is 9.10. The van der Waals surface area contributed by atoms with Gasteiger partial charge in [-0.05, 0) is 18.2 Å². The van der Waals surface area contributed by atoms with Crippen molar-refractivity contribution < 1.29 is 5.11 Å². The molecule has 0 spiro atoms. The van der Waals surface area contributed by atoms with Crippen LogP contribution in [-0.4, -0.2) is 11.7 Å². The fourth-order valence-electron chi connectivity index (χ4n) is 1.16. The number of phenols is 1. The molecule has 3 heteroatoms. The van der Waals surface area contributed by atoms with Crippen molar-refractivity contribution in [3.8, 4) is 5.75 Å². The first-order valence-corrected chi connectivity index (χ1v) is 4.96. The zero-order valence-corrected chi connectivity index (χ0v) is 9.43. The first-order chi connectivity index (χ1) is 5.97. The van der Waals surface area contributed by atoms with Crippen LogP contribution in [0.5, 0.6) is 5.75 Å². The number of aromatic hydroxyl groups is 1. The second kappa shape index (κ2) is 3.68. The van der Waals surface area contributed by atoms with E-state index in [0.29, 0.717) is 12.3 Å². The summed E-state index contributed by atoms with van der Waals surface area (Å²) in [4.78, 5) is 0. The van der Waals surface area contributed by atoms with E-state index in [0.717, 1.165) is 10.0 Å². The Morgan fingerprint density at radius 1 is 1.46 bits per heavy atom. The lowest BCUT2D eigenvalue weighted by Crippen LogP contribution is -2.28. The van der Waals surface area contributed by atoms with Crippen LogP contribution in [0.3, 0.4) is 0 Å². The van der Waals surface area contributed by atoms with Crippen molar-refractivity contribution in [3.05, 3.63) is 28.2 Å². The summed E-state index contributed by atoms with van der Waals surface area (Å²) in [6.07, 6.45) is 0. The molecule has 0 aromatic heterocycles. The summed E-state index contributed by atoms with van der Waals surface area (Å²) in [6.45, 7) is 4.53. The van der Waals surface area contributed by atoms with E-state index in [9.17, 15) is 5.11 Å². The van der Waals surface area contributed by atoms with E-state index in [2.05, 4.69) is 15.9 Å². The third kappa shape index (κ3) is 2.23. The summed E-state index contributed by atoms with van der Waals surface area (Å²) in [5.41, 5.74) is 6.32. The van der Waals surface area contributed by atoms with Crippen molar-refractivity contribution in [2.45, 2.75) is 19.3 Å². The van der Waals surface area contributed by atoms with Crippen LogP contribution in [0.1, 0.15) is 19.4 Å². The fourth-order valence-corrected chi connectivity index (χ4v) is 1.52. The van der Waals surface area contributed by atoms with Gasteiger partial charge in [0, 0.05) is 22.0 Å². The van der Waals surface area contributed by atoms with E-state index in [-0.39, 0.29) is 5.41 Å². The van der Waals surface area contributed by atoms with Gasteiger partial charge in [0.25, 0.3) is 0 Å². The maximum Gasteiger partial charge on any atom is 0.119 e. The van der Waals surface area contributed by atoms with Gasteiger partial charge in [0.2, 0.25) is 0 Å². The topological polar surface area (TPSA) is 46.2 Å². The molecule has 13 heavy (non-hydrogen) atoms. The molecule has 0 saturated carbocycles. The standard InChI is InChI=1S/C10H14BrNO/c1-10(2,6-12)8-5-7(11)3-4-9(8)13/h3-5,13H,6,12H2,1-2H3. The highest BCUT2D eigenvalue weighted by atomic mass is 79.9. The number of halogens is 1. The Balaban J connectivity index is 3.20. The SMILES string of the molecule is CC(C)(CN)c1cc(Br)ccc1O. The second-order valence-electron chi connectivity index (χ2n) is 3.75. The second-order valence-corrected chi connectivity index (χ2v) is 4.67. The third-order valence-electron chi connectivity index (χ3n) is 2.20. The van der Waals surface area contributed by atoms with Crippen LogP contribution < -0.4 is 5.73 Å². The Morgan fingerprint density at radius 2 is 2.08 bits per heavy atom. The largest absolute Gasteiger partial charge is 0.508 e. The van der Waals surface area contributed by atoms with Gasteiger partial charge in [0.15, 0.2) is 0 Å². The predicted octanol–water partition coefficient (Wildman–Crippen LogP) is 2.39. The lowest BCUT2D eigenvalue weighted by molar-refractivity contribution is 0.438. The van der Waals surface area contributed by atoms with Crippen molar-refractivity contribution in [3.63, 3.8) is 0 Å². The van der Waals surface area contributed by atoms with Crippen LogP contribution >= 0.6 is 15.9 Å². The predicted molar refractivity (Wildman–Crippen MR) is 57.9 cm³/mol. The van der Waals surface area contributed by atoms with E-state index in [1.807, 2.05) is 26.0 Å². The minimum Gasteiger partial charge on any atom is -0.508 e. The lowest BCUT2D eigenvalue weighted by Gasteiger charge is -2.24. The summed E-state index contributed by atoms with van der Waals surface area (Å²) in [6, 6.07) is 5.39. The minimum absolute atomic E-state index is 0.187. The number of hydrogen-bond acceptors (Lipinski definition) is 2. The monoisotopic (exact) mass is 243 g/mol. The smallest absolute Gasteiger partial charge is 0.119 e. The number of hydrogen-bond donors (Lipinski definition) is 2. The maximum absolute atomic E-state index is 9.63. The average Bonchev–Trinajstić information content (AvgIpc) is 2.09. The van der Waals surface area contributed by atoms with E-state index in [1.165, 1.54) is 0 Å². The van der Waals surface area contributed by atoms with Crippen molar-refractivity contribution >= 4 is 15.9 Å². The van der Waals surface area contributed by atoms with Crippen LogP contribution in [0.4, 0.5) is 0 Å². The van der Waals surface area contributed by atoms with Gasteiger partial charge < -0.3 is 10.8 Å². The van der Waals surface area contributed by atoms with Crippen LogP contribution in [-0.2, 0) is 5.41 Å². The quantitative estimate of drug-likeness (QED) is 0.839. The molecule has 3 N–H and O–H groups in total. The van der Waals surface area contributed by atoms with Crippen molar-refractivity contribution in [1.82, 2.24) is 0 Å². The van der Waals surface area contributed by atoms with Crippen LogP contribution in [0.2, 0.25) is 0 Å².